The molecule has 136 valence electrons. The molecular formula is C16H21N3O5S. The van der Waals surface area contributed by atoms with Gasteiger partial charge in [-0.3, -0.25) is 19.7 Å². The molecule has 25 heavy (non-hydrogen) atoms. The second-order valence-electron chi connectivity index (χ2n) is 5.34. The highest BCUT2D eigenvalue weighted by molar-refractivity contribution is 8.00. The van der Waals surface area contributed by atoms with Gasteiger partial charge in [-0.05, 0) is 32.4 Å². The number of benzene rings is 1. The molecule has 8 nitrogen and oxygen atoms in total. The fraction of sp³-hybridized carbons (Fsp3) is 0.375. The molecule has 0 bridgehead atoms. The molecule has 0 saturated carbocycles. The first-order valence-corrected chi connectivity index (χ1v) is 8.59. The fourth-order valence-electron chi connectivity index (χ4n) is 1.87. The van der Waals surface area contributed by atoms with Gasteiger partial charge in [-0.25, -0.2) is 4.79 Å². The molecule has 0 heterocycles. The lowest BCUT2D eigenvalue weighted by molar-refractivity contribution is -0.151. The van der Waals surface area contributed by atoms with Crippen LogP contribution in [-0.2, 0) is 19.1 Å². The van der Waals surface area contributed by atoms with Gasteiger partial charge in [0.15, 0.2) is 6.10 Å². The number of nitrogens with two attached hydrogens (primary N) is 1. The number of urea groups is 1. The van der Waals surface area contributed by atoms with Crippen LogP contribution < -0.4 is 16.4 Å². The van der Waals surface area contributed by atoms with E-state index in [1.165, 1.54) is 6.92 Å². The molecule has 0 aliphatic carbocycles. The van der Waals surface area contributed by atoms with Crippen molar-refractivity contribution in [1.82, 2.24) is 5.32 Å². The van der Waals surface area contributed by atoms with Gasteiger partial charge in [0.05, 0.1) is 11.5 Å². The van der Waals surface area contributed by atoms with Crippen molar-refractivity contribution in [2.75, 3.05) is 16.8 Å². The monoisotopic (exact) mass is 367 g/mol. The Morgan fingerprint density at radius 3 is 2.48 bits per heavy atom. The summed E-state index contributed by atoms with van der Waals surface area (Å²) >= 11 is 1.06. The van der Waals surface area contributed by atoms with E-state index in [2.05, 4.69) is 5.32 Å². The summed E-state index contributed by atoms with van der Waals surface area (Å²) in [6, 6.07) is 4.65. The van der Waals surface area contributed by atoms with Crippen molar-refractivity contribution in [1.29, 1.82) is 0 Å². The summed E-state index contributed by atoms with van der Waals surface area (Å²) in [5.41, 5.74) is 7.57. The van der Waals surface area contributed by atoms with Crippen LogP contribution >= 0.6 is 11.8 Å². The third-order valence-electron chi connectivity index (χ3n) is 3.03. The van der Waals surface area contributed by atoms with Gasteiger partial charge in [0.2, 0.25) is 5.91 Å². The van der Waals surface area contributed by atoms with Crippen molar-refractivity contribution in [2.24, 2.45) is 5.73 Å². The number of amides is 4. The average molecular weight is 367 g/mol. The average Bonchev–Trinajstić information content (AvgIpc) is 2.49. The maximum absolute atomic E-state index is 11.9. The fourth-order valence-corrected chi connectivity index (χ4v) is 2.47. The molecule has 0 fully saturated rings. The number of nitrogens with one attached hydrogen (secondary N) is 2. The predicted octanol–water partition coefficient (Wildman–Crippen LogP) is 1.10. The third-order valence-corrected chi connectivity index (χ3v) is 3.94. The molecule has 9 heteroatoms. The van der Waals surface area contributed by atoms with Crippen molar-refractivity contribution in [3.05, 3.63) is 29.3 Å². The van der Waals surface area contributed by atoms with Gasteiger partial charge in [-0.1, -0.05) is 17.7 Å². The number of primary amides is 1. The van der Waals surface area contributed by atoms with Gasteiger partial charge in [-0.15, -0.1) is 11.8 Å². The summed E-state index contributed by atoms with van der Waals surface area (Å²) in [6.07, 6.45) is -1.15. The summed E-state index contributed by atoms with van der Waals surface area (Å²) < 4.78 is 4.83. The minimum Gasteiger partial charge on any atom is -0.452 e. The summed E-state index contributed by atoms with van der Waals surface area (Å²) in [6.45, 7) is 5.17. The van der Waals surface area contributed by atoms with Crippen molar-refractivity contribution >= 4 is 41.3 Å². The molecule has 1 aromatic rings. The van der Waals surface area contributed by atoms with Crippen LogP contribution in [0, 0.1) is 13.8 Å². The number of aryl methyl sites for hydroxylation is 2. The molecule has 4 amide bonds. The number of thioether (sulfide) groups is 1. The standard InChI is InChI=1S/C16H21N3O5S/c1-9-4-5-12(10(2)6-9)18-13(20)7-25-8-14(21)24-11(3)15(22)19-16(17)23/h4-6,11H,7-8H2,1-3H3,(H,18,20)(H3,17,19,22,23)/t11-/m1/s1. The lowest BCUT2D eigenvalue weighted by Crippen LogP contribution is -2.42. The van der Waals surface area contributed by atoms with E-state index in [1.807, 2.05) is 37.4 Å². The molecule has 0 unspecified atom stereocenters. The SMILES string of the molecule is Cc1ccc(NC(=O)CSCC(=O)O[C@H](C)C(=O)NC(N)=O)c(C)c1. The minimum absolute atomic E-state index is 0.0598. The number of ether oxygens (including phenoxy) is 1. The molecule has 4 N–H and O–H groups in total. The normalized spacial score (nSPS) is 11.3. The number of hydrogen-bond acceptors (Lipinski definition) is 6. The first-order chi connectivity index (χ1) is 11.7. The Balaban J connectivity index is 2.33. The van der Waals surface area contributed by atoms with Gasteiger partial charge in [0.1, 0.15) is 0 Å². The molecule has 0 aliphatic rings. The Hall–Kier alpha value is -2.55. The number of rotatable bonds is 7. The first-order valence-electron chi connectivity index (χ1n) is 7.43. The molecule has 1 aromatic carbocycles. The van der Waals surface area contributed by atoms with Crippen LogP contribution in [0.2, 0.25) is 0 Å². The molecule has 1 atom stereocenters. The minimum atomic E-state index is -1.15. The van der Waals surface area contributed by atoms with Gasteiger partial charge >= 0.3 is 12.0 Å². The lowest BCUT2D eigenvalue weighted by atomic mass is 10.1. The lowest BCUT2D eigenvalue weighted by Gasteiger charge is -2.12. The van der Waals surface area contributed by atoms with E-state index in [0.717, 1.165) is 28.6 Å². The Morgan fingerprint density at radius 1 is 1.20 bits per heavy atom. The Morgan fingerprint density at radius 2 is 1.88 bits per heavy atom. The number of esters is 1. The summed E-state index contributed by atoms with van der Waals surface area (Å²) in [5.74, 6) is -1.77. The highest BCUT2D eigenvalue weighted by atomic mass is 32.2. The zero-order chi connectivity index (χ0) is 19.0. The maximum Gasteiger partial charge on any atom is 0.318 e. The summed E-state index contributed by atoms with van der Waals surface area (Å²) in [4.78, 5) is 45.4. The van der Waals surface area contributed by atoms with Gasteiger partial charge < -0.3 is 15.8 Å². The van der Waals surface area contributed by atoms with E-state index in [9.17, 15) is 19.2 Å². The van der Waals surface area contributed by atoms with E-state index >= 15 is 0 Å². The van der Waals surface area contributed by atoms with Crippen LogP contribution in [0.5, 0.6) is 0 Å². The summed E-state index contributed by atoms with van der Waals surface area (Å²) in [7, 11) is 0. The van der Waals surface area contributed by atoms with E-state index < -0.39 is 24.0 Å². The van der Waals surface area contributed by atoms with Gasteiger partial charge in [0, 0.05) is 5.69 Å². The van der Waals surface area contributed by atoms with Gasteiger partial charge in [0.25, 0.3) is 5.91 Å². The van der Waals surface area contributed by atoms with E-state index in [-0.39, 0.29) is 17.4 Å². The van der Waals surface area contributed by atoms with Crippen molar-refractivity contribution in [2.45, 2.75) is 26.9 Å². The smallest absolute Gasteiger partial charge is 0.318 e. The van der Waals surface area contributed by atoms with Crippen LogP contribution in [0.3, 0.4) is 0 Å². The van der Waals surface area contributed by atoms with E-state index in [4.69, 9.17) is 10.5 Å². The maximum atomic E-state index is 11.9. The summed E-state index contributed by atoms with van der Waals surface area (Å²) in [5, 5.41) is 4.57. The second kappa shape index (κ2) is 9.67. The van der Waals surface area contributed by atoms with Gasteiger partial charge in [-0.2, -0.15) is 0 Å². The topological polar surface area (TPSA) is 128 Å². The highest BCUT2D eigenvalue weighted by Crippen LogP contribution is 2.16. The highest BCUT2D eigenvalue weighted by Gasteiger charge is 2.19. The number of carbonyl (C=O) groups excluding carboxylic acids is 4. The third kappa shape index (κ3) is 7.71. The predicted molar refractivity (Wildman–Crippen MR) is 95.2 cm³/mol. The molecule has 0 radical (unpaired) electrons. The molecule has 0 spiro atoms. The number of imide groups is 1. The van der Waals surface area contributed by atoms with Crippen LogP contribution in [0.15, 0.2) is 18.2 Å². The zero-order valence-electron chi connectivity index (χ0n) is 14.3. The van der Waals surface area contributed by atoms with Crippen LogP contribution in [0.25, 0.3) is 0 Å². The van der Waals surface area contributed by atoms with Crippen molar-refractivity contribution < 1.29 is 23.9 Å². The number of hydrogen-bond donors (Lipinski definition) is 3. The molecule has 0 aromatic heterocycles. The van der Waals surface area contributed by atoms with Crippen LogP contribution in [0.4, 0.5) is 10.5 Å². The van der Waals surface area contributed by atoms with Crippen LogP contribution in [0.1, 0.15) is 18.1 Å². The molecular weight excluding hydrogens is 346 g/mol. The number of anilines is 1. The Bertz CT molecular complexity index is 678. The number of carbonyl (C=O) groups is 4. The largest absolute Gasteiger partial charge is 0.452 e. The van der Waals surface area contributed by atoms with E-state index in [1.54, 1.807) is 0 Å². The van der Waals surface area contributed by atoms with Crippen LogP contribution in [-0.4, -0.2) is 41.4 Å². The quantitative estimate of drug-likeness (QED) is 0.619. The van der Waals surface area contributed by atoms with Crippen molar-refractivity contribution in [3.63, 3.8) is 0 Å². The van der Waals surface area contributed by atoms with Crippen molar-refractivity contribution in [3.8, 4) is 0 Å². The molecule has 1 rings (SSSR count). The Kier molecular flexibility index (Phi) is 7.93. The Labute approximate surface area is 149 Å². The zero-order valence-corrected chi connectivity index (χ0v) is 15.1. The second-order valence-corrected chi connectivity index (χ2v) is 6.33. The molecule has 0 aliphatic heterocycles. The van der Waals surface area contributed by atoms with E-state index in [0.29, 0.717) is 0 Å². The molecule has 0 saturated heterocycles. The first kappa shape index (κ1) is 20.5.